The Morgan fingerprint density at radius 3 is 2.64 bits per heavy atom. The number of thiophene rings is 1. The first-order valence-electron chi connectivity index (χ1n) is 12.3. The van der Waals surface area contributed by atoms with E-state index >= 15 is 0 Å². The minimum Gasteiger partial charge on any atom is -0.372 e. The number of ether oxygens (including phenoxy) is 1. The van der Waals surface area contributed by atoms with Gasteiger partial charge in [-0.25, -0.2) is 8.97 Å². The third kappa shape index (κ3) is 4.07. The molecule has 2 aromatic carbocycles. The van der Waals surface area contributed by atoms with Crippen molar-refractivity contribution in [1.29, 1.82) is 0 Å². The summed E-state index contributed by atoms with van der Waals surface area (Å²) >= 11 is 3.32. The molecule has 0 amide bonds. The van der Waals surface area contributed by atoms with Crippen LogP contribution >= 0.6 is 23.1 Å². The van der Waals surface area contributed by atoms with Crippen molar-refractivity contribution >= 4 is 39.1 Å². The zero-order valence-corrected chi connectivity index (χ0v) is 22.2. The van der Waals surface area contributed by atoms with Crippen LogP contribution in [-0.2, 0) is 24.2 Å². The van der Waals surface area contributed by atoms with E-state index in [4.69, 9.17) is 4.74 Å². The maximum Gasteiger partial charge on any atom is 0.268 e. The van der Waals surface area contributed by atoms with Gasteiger partial charge in [-0.3, -0.25) is 4.79 Å². The fraction of sp³-hybridized carbons (Fsp3) is 0.321. The van der Waals surface area contributed by atoms with Crippen LogP contribution in [0, 0.1) is 12.8 Å². The molecule has 36 heavy (non-hydrogen) atoms. The Kier molecular flexibility index (Phi) is 6.19. The largest absolute Gasteiger partial charge is 0.372 e. The molecule has 0 bridgehead atoms. The van der Waals surface area contributed by atoms with E-state index in [1.807, 2.05) is 37.3 Å². The first kappa shape index (κ1) is 23.5. The van der Waals surface area contributed by atoms with Crippen molar-refractivity contribution in [2.75, 3.05) is 5.75 Å². The summed E-state index contributed by atoms with van der Waals surface area (Å²) in [6.45, 7) is 6.94. The lowest BCUT2D eigenvalue weighted by Gasteiger charge is -2.26. The highest BCUT2D eigenvalue weighted by atomic mass is 32.2. The summed E-state index contributed by atoms with van der Waals surface area (Å²) in [5, 5.41) is 10.7. The zero-order valence-electron chi connectivity index (χ0n) is 20.6. The number of hydrogen-bond acceptors (Lipinski definition) is 6. The Hall–Kier alpha value is -2.94. The fourth-order valence-electron chi connectivity index (χ4n) is 4.79. The quantitative estimate of drug-likeness (QED) is 0.266. The van der Waals surface area contributed by atoms with Gasteiger partial charge in [0.05, 0.1) is 23.8 Å². The summed E-state index contributed by atoms with van der Waals surface area (Å²) in [7, 11) is 0. The predicted octanol–water partition coefficient (Wildman–Crippen LogP) is 5.84. The van der Waals surface area contributed by atoms with E-state index in [1.54, 1.807) is 27.7 Å². The zero-order chi connectivity index (χ0) is 24.8. The maximum atomic E-state index is 14.1. The predicted molar refractivity (Wildman–Crippen MR) is 147 cm³/mol. The molecule has 0 saturated carbocycles. The molecular formula is C28H28N4O2S2. The number of rotatable bonds is 6. The van der Waals surface area contributed by atoms with Crippen molar-refractivity contribution in [2.24, 2.45) is 5.92 Å². The van der Waals surface area contributed by atoms with Gasteiger partial charge in [-0.2, -0.15) is 0 Å². The molecule has 5 aromatic rings. The van der Waals surface area contributed by atoms with Gasteiger partial charge >= 0.3 is 0 Å². The topological polar surface area (TPSA) is 61.4 Å². The molecule has 6 nitrogen and oxygen atoms in total. The SMILES string of the molecule is Cc1ccc(-n2c(=O)c3c4c(sc3n3c(SCCc5ccccc5)nnc23)COC(C(C)C)C4)cc1. The van der Waals surface area contributed by atoms with Crippen LogP contribution in [0.2, 0.25) is 0 Å². The molecule has 0 fully saturated rings. The van der Waals surface area contributed by atoms with Gasteiger partial charge in [0.1, 0.15) is 4.83 Å². The van der Waals surface area contributed by atoms with Crippen molar-refractivity contribution in [3.8, 4) is 5.69 Å². The van der Waals surface area contributed by atoms with Crippen LogP contribution in [-0.4, -0.2) is 31.0 Å². The summed E-state index contributed by atoms with van der Waals surface area (Å²) in [5.74, 6) is 1.81. The minimum absolute atomic E-state index is 0.0310. The minimum atomic E-state index is -0.0310. The van der Waals surface area contributed by atoms with Crippen molar-refractivity contribution in [2.45, 2.75) is 51.5 Å². The van der Waals surface area contributed by atoms with E-state index in [9.17, 15) is 4.79 Å². The molecule has 3 aromatic heterocycles. The van der Waals surface area contributed by atoms with Crippen LogP contribution in [0.4, 0.5) is 0 Å². The van der Waals surface area contributed by atoms with Gasteiger partial charge < -0.3 is 4.74 Å². The number of fused-ring (bicyclic) bond motifs is 5. The molecule has 1 aliphatic heterocycles. The number of aromatic nitrogens is 4. The molecule has 0 radical (unpaired) electrons. The number of hydrogen-bond donors (Lipinski definition) is 0. The van der Waals surface area contributed by atoms with E-state index in [0.717, 1.165) is 55.7 Å². The van der Waals surface area contributed by atoms with Gasteiger partial charge in [-0.15, -0.1) is 21.5 Å². The van der Waals surface area contributed by atoms with Crippen LogP contribution in [0.1, 0.15) is 35.4 Å². The molecule has 0 saturated heterocycles. The highest BCUT2D eigenvalue weighted by molar-refractivity contribution is 7.99. The smallest absolute Gasteiger partial charge is 0.268 e. The van der Waals surface area contributed by atoms with E-state index in [0.29, 0.717) is 18.3 Å². The Morgan fingerprint density at radius 2 is 1.89 bits per heavy atom. The first-order valence-corrected chi connectivity index (χ1v) is 14.1. The molecule has 1 aliphatic rings. The van der Waals surface area contributed by atoms with Gasteiger partial charge in [-0.1, -0.05) is 73.6 Å². The Bertz CT molecular complexity index is 1600. The second-order valence-corrected chi connectivity index (χ2v) is 11.8. The fourth-order valence-corrected chi connectivity index (χ4v) is 7.01. The lowest BCUT2D eigenvalue weighted by Crippen LogP contribution is -2.28. The second-order valence-electron chi connectivity index (χ2n) is 9.66. The number of nitrogens with zero attached hydrogens (tertiary/aromatic N) is 4. The molecule has 1 atom stereocenters. The van der Waals surface area contributed by atoms with Gasteiger partial charge in [0.15, 0.2) is 5.16 Å². The first-order chi connectivity index (χ1) is 17.5. The number of thioether (sulfide) groups is 1. The van der Waals surface area contributed by atoms with Crippen LogP contribution < -0.4 is 5.56 Å². The summed E-state index contributed by atoms with van der Waals surface area (Å²) in [5.41, 5.74) is 4.34. The number of benzene rings is 2. The lowest BCUT2D eigenvalue weighted by atomic mass is 9.96. The molecule has 6 rings (SSSR count). The summed E-state index contributed by atoms with van der Waals surface area (Å²) in [6.07, 6.45) is 1.80. The van der Waals surface area contributed by atoms with Gasteiger partial charge in [0, 0.05) is 17.1 Å². The maximum absolute atomic E-state index is 14.1. The Labute approximate surface area is 217 Å². The molecule has 8 heteroatoms. The second kappa shape index (κ2) is 9.50. The highest BCUT2D eigenvalue weighted by Gasteiger charge is 2.30. The summed E-state index contributed by atoms with van der Waals surface area (Å²) in [4.78, 5) is 16.1. The van der Waals surface area contributed by atoms with Crippen molar-refractivity contribution in [3.05, 3.63) is 86.5 Å². The molecule has 4 heterocycles. The normalized spacial score (nSPS) is 15.7. The lowest BCUT2D eigenvalue weighted by molar-refractivity contribution is 0.00200. The monoisotopic (exact) mass is 516 g/mol. The van der Waals surface area contributed by atoms with Crippen molar-refractivity contribution in [3.63, 3.8) is 0 Å². The molecule has 0 N–H and O–H groups in total. The van der Waals surface area contributed by atoms with Crippen LogP contribution in [0.3, 0.4) is 0 Å². The Balaban J connectivity index is 1.52. The van der Waals surface area contributed by atoms with E-state index in [1.165, 1.54) is 5.56 Å². The average molecular weight is 517 g/mol. The van der Waals surface area contributed by atoms with Crippen molar-refractivity contribution in [1.82, 2.24) is 19.2 Å². The summed E-state index contributed by atoms with van der Waals surface area (Å²) in [6, 6.07) is 18.5. The molecule has 184 valence electrons. The molecule has 0 aliphatic carbocycles. The van der Waals surface area contributed by atoms with Crippen molar-refractivity contribution < 1.29 is 4.74 Å². The highest BCUT2D eigenvalue weighted by Crippen LogP contribution is 2.37. The molecule has 1 unspecified atom stereocenters. The third-order valence-electron chi connectivity index (χ3n) is 6.84. The number of aryl methyl sites for hydroxylation is 2. The standard InChI is InChI=1S/C28H28N4O2S2/c1-17(2)22-15-21-23(16-34-22)36-26-24(21)25(33)31(20-11-9-18(3)10-12-20)27-29-30-28(32(26)27)35-14-13-19-7-5-4-6-8-19/h4-12,17,22H,13-16H2,1-3H3. The Morgan fingerprint density at radius 1 is 1.11 bits per heavy atom. The third-order valence-corrected chi connectivity index (χ3v) is 8.96. The van der Waals surface area contributed by atoms with Gasteiger partial charge in [-0.05, 0) is 42.5 Å². The molecular weight excluding hydrogens is 488 g/mol. The van der Waals surface area contributed by atoms with E-state index in [2.05, 4.69) is 52.7 Å². The average Bonchev–Trinajstić information content (AvgIpc) is 3.47. The summed E-state index contributed by atoms with van der Waals surface area (Å²) < 4.78 is 9.96. The molecule has 0 spiro atoms. The van der Waals surface area contributed by atoms with Crippen LogP contribution in [0.25, 0.3) is 21.7 Å². The van der Waals surface area contributed by atoms with E-state index in [-0.39, 0.29) is 11.7 Å². The van der Waals surface area contributed by atoms with Gasteiger partial charge in [0.25, 0.3) is 5.56 Å². The van der Waals surface area contributed by atoms with E-state index < -0.39 is 0 Å². The van der Waals surface area contributed by atoms with Crippen LogP contribution in [0.5, 0.6) is 0 Å². The van der Waals surface area contributed by atoms with Gasteiger partial charge in [0.2, 0.25) is 5.78 Å². The van der Waals surface area contributed by atoms with Crippen LogP contribution in [0.15, 0.2) is 64.5 Å².